The van der Waals surface area contributed by atoms with Crippen molar-refractivity contribution in [2.24, 2.45) is 5.41 Å². The van der Waals surface area contributed by atoms with Crippen molar-refractivity contribution in [1.29, 1.82) is 0 Å². The van der Waals surface area contributed by atoms with E-state index in [1.54, 1.807) is 6.20 Å². The Bertz CT molecular complexity index is 3630. The van der Waals surface area contributed by atoms with E-state index in [4.69, 9.17) is 19.3 Å². The van der Waals surface area contributed by atoms with E-state index >= 15 is 0 Å². The van der Waals surface area contributed by atoms with Crippen molar-refractivity contribution >= 4 is 54.9 Å². The summed E-state index contributed by atoms with van der Waals surface area (Å²) in [4.78, 5) is 9.58. The number of hydrogen-bond acceptors (Lipinski definition) is 4. The van der Waals surface area contributed by atoms with Gasteiger partial charge in [-0.15, -0.1) is 54.1 Å². The average Bonchev–Trinajstić information content (AvgIpc) is 4.01. The van der Waals surface area contributed by atoms with Crippen LogP contribution in [0.2, 0.25) is 0 Å². The van der Waals surface area contributed by atoms with Gasteiger partial charge in [0.1, 0.15) is 16.7 Å². The fourth-order valence-corrected chi connectivity index (χ4v) is 8.63. The second-order valence-corrected chi connectivity index (χ2v) is 17.8. The molecule has 4 aromatic heterocycles. The zero-order chi connectivity index (χ0) is 47.8. The minimum absolute atomic E-state index is 0. The molecule has 0 spiro atoms. The number of nitrogens with zero attached hydrogens (tertiary/aromatic N) is 3. The Morgan fingerprint density at radius 2 is 1.34 bits per heavy atom. The van der Waals surface area contributed by atoms with E-state index in [9.17, 15) is 0 Å². The van der Waals surface area contributed by atoms with Crippen LogP contribution in [0, 0.1) is 17.5 Å². The Morgan fingerprint density at radius 3 is 2.06 bits per heavy atom. The van der Waals surface area contributed by atoms with Crippen LogP contribution in [-0.4, -0.2) is 14.5 Å². The molecule has 0 aliphatic rings. The number of furan rings is 2. The van der Waals surface area contributed by atoms with Gasteiger partial charge in [0.2, 0.25) is 0 Å². The van der Waals surface area contributed by atoms with Gasteiger partial charge >= 0.3 is 0 Å². The largest absolute Gasteiger partial charge is 0.501 e. The van der Waals surface area contributed by atoms with Gasteiger partial charge in [0.15, 0.2) is 0 Å². The summed E-state index contributed by atoms with van der Waals surface area (Å²) in [6.07, 6.45) is 0.357. The molecule has 0 aliphatic carbocycles. The Hall–Kier alpha value is -6.59. The minimum atomic E-state index is -1.44. The molecule has 0 bridgehead atoms. The Kier molecular flexibility index (Phi) is 10.6. The molecule has 6 heteroatoms. The third-order valence-corrected chi connectivity index (χ3v) is 11.5. The first kappa shape index (κ1) is 38.8. The molecule has 65 heavy (non-hydrogen) atoms. The van der Waals surface area contributed by atoms with Crippen molar-refractivity contribution < 1.29 is 34.4 Å². The molecule has 0 saturated heterocycles. The van der Waals surface area contributed by atoms with Gasteiger partial charge in [0, 0.05) is 53.6 Å². The molecule has 0 atom stereocenters. The third kappa shape index (κ3) is 8.45. The molecule has 1 radical (unpaired) electrons. The molecule has 0 aliphatic heterocycles. The second-order valence-electron chi connectivity index (χ2n) is 17.8. The number of aromatic nitrogens is 3. The summed E-state index contributed by atoms with van der Waals surface area (Å²) < 4.78 is 49.4. The van der Waals surface area contributed by atoms with Crippen LogP contribution in [-0.2, 0) is 26.5 Å². The van der Waals surface area contributed by atoms with Crippen LogP contribution in [0.3, 0.4) is 0 Å². The molecule has 0 saturated carbocycles. The van der Waals surface area contributed by atoms with Gasteiger partial charge in [-0.1, -0.05) is 138 Å². The molecule has 4 heterocycles. The smallest absolute Gasteiger partial charge is 0.136 e. The third-order valence-electron chi connectivity index (χ3n) is 11.5. The maximum absolute atomic E-state index is 8.80. The molecule has 11 aromatic rings. The van der Waals surface area contributed by atoms with Crippen molar-refractivity contribution in [3.63, 3.8) is 0 Å². The second kappa shape index (κ2) is 17.8. The molecule has 0 N–H and O–H groups in total. The minimum Gasteiger partial charge on any atom is -0.501 e. The van der Waals surface area contributed by atoms with Crippen LogP contribution in [0.1, 0.15) is 82.4 Å². The number of imidazole rings is 1. The van der Waals surface area contributed by atoms with Crippen molar-refractivity contribution in [3.8, 4) is 39.5 Å². The summed E-state index contributed by atoms with van der Waals surface area (Å²) in [6, 6.07) is 56.2. The van der Waals surface area contributed by atoms with Crippen LogP contribution in [0.15, 0.2) is 167 Å². The first-order valence-electron chi connectivity index (χ1n) is 23.7. The van der Waals surface area contributed by atoms with Crippen molar-refractivity contribution in [2.75, 3.05) is 0 Å². The van der Waals surface area contributed by atoms with E-state index in [0.29, 0.717) is 5.56 Å². The number of benzene rings is 7. The molecule has 0 unspecified atom stereocenters. The summed E-state index contributed by atoms with van der Waals surface area (Å²) in [5, 5.41) is 4.08. The van der Waals surface area contributed by atoms with Crippen LogP contribution < -0.4 is 0 Å². The van der Waals surface area contributed by atoms with Crippen LogP contribution in [0.25, 0.3) is 94.4 Å². The Labute approximate surface area is 400 Å². The molecule has 0 fully saturated rings. The van der Waals surface area contributed by atoms with Crippen molar-refractivity contribution in [1.82, 2.24) is 14.5 Å². The predicted molar refractivity (Wildman–Crippen MR) is 265 cm³/mol. The van der Waals surface area contributed by atoms with Gasteiger partial charge in [-0.3, -0.25) is 4.98 Å². The summed E-state index contributed by atoms with van der Waals surface area (Å²) in [6.45, 7) is 13.3. The van der Waals surface area contributed by atoms with Gasteiger partial charge in [-0.2, -0.15) is 0 Å². The van der Waals surface area contributed by atoms with Crippen LogP contribution >= 0.6 is 0 Å². The number of rotatable bonds is 7. The number of para-hydroxylation sites is 4. The van der Waals surface area contributed by atoms with Crippen molar-refractivity contribution in [3.05, 3.63) is 187 Å². The normalized spacial score (nSPS) is 13.3. The molecule has 0 amide bonds. The summed E-state index contributed by atoms with van der Waals surface area (Å²) in [7, 11) is 0. The van der Waals surface area contributed by atoms with Gasteiger partial charge in [0.25, 0.3) is 0 Å². The van der Waals surface area contributed by atoms with E-state index in [-0.39, 0.29) is 20.1 Å². The van der Waals surface area contributed by atoms with E-state index in [0.717, 1.165) is 105 Å². The monoisotopic (exact) mass is 1030 g/mol. The van der Waals surface area contributed by atoms with Gasteiger partial charge < -0.3 is 18.4 Å². The van der Waals surface area contributed by atoms with E-state index < -0.39 is 23.6 Å². The summed E-state index contributed by atoms with van der Waals surface area (Å²) in [5.74, 6) is -0.895. The fraction of sp³-hybridized carbons (Fsp3) is 0.186. The standard InChI is InChI=1S/C34H26NO2.C25H25N2.Ir/c1-34(2,3)20-21-11-13-22(14-12-21)23-15-16-35-29(17-23)26-9-6-8-25-28-19-31-27(18-32(28)37-33(25)26)24-7-4-5-10-30(24)36-31;1-17(2)20-13-10-14-21(18(3)4)24(20)27-23-16-9-8-15-22(23)26-25(27)19-11-6-5-7-12-19;/h4-8,10-19H,20H2,1-3H3;5-11,13-18H,1-4H3;/q2*-1;/i20D2;17D,18D;. The topological polar surface area (TPSA) is 57.0 Å². The van der Waals surface area contributed by atoms with Gasteiger partial charge in [0.05, 0.1) is 22.4 Å². The first-order valence-corrected chi connectivity index (χ1v) is 21.7. The van der Waals surface area contributed by atoms with Gasteiger partial charge in [-0.05, 0) is 93.5 Å². The quantitative estimate of drug-likeness (QED) is 0.149. The van der Waals surface area contributed by atoms with E-state index in [1.165, 1.54) is 0 Å². The SMILES string of the molecule is [2H]C(C)(C)c1cccc(C([2H])(C)C)c1-n1c(-c2[c-]cccc2)nc2ccccc21.[2H]C([2H])(c1ccc(-c2ccnc(-c3[c-]ccc4c3oc3cc5c(cc34)oc3ccccc35)c2)cc1)C(C)(C)C.[Ir]. The molecular formula is C59H51IrN3O2-2. The molecule has 5 nitrogen and oxygen atoms in total. The molecule has 325 valence electrons. The maximum atomic E-state index is 8.80. The Morgan fingerprint density at radius 1 is 0.646 bits per heavy atom. The Balaban J connectivity index is 0.000000177. The number of fused-ring (bicyclic) bond motifs is 7. The van der Waals surface area contributed by atoms with E-state index in [1.807, 2.05) is 182 Å². The number of pyridine rings is 1. The molecule has 7 aromatic carbocycles. The summed E-state index contributed by atoms with van der Waals surface area (Å²) >= 11 is 0. The first-order chi connectivity index (χ1) is 32.4. The average molecular weight is 1030 g/mol. The molecule has 11 rings (SSSR count). The van der Waals surface area contributed by atoms with Crippen LogP contribution in [0.5, 0.6) is 0 Å². The van der Waals surface area contributed by atoms with E-state index in [2.05, 4.69) is 39.9 Å². The van der Waals surface area contributed by atoms with Gasteiger partial charge in [-0.25, -0.2) is 0 Å². The number of hydrogen-bond donors (Lipinski definition) is 0. The fourth-order valence-electron chi connectivity index (χ4n) is 8.63. The zero-order valence-corrected chi connectivity index (χ0v) is 39.9. The predicted octanol–water partition coefficient (Wildman–Crippen LogP) is 16.3. The summed E-state index contributed by atoms with van der Waals surface area (Å²) in [5.41, 5.74) is 12.3. The van der Waals surface area contributed by atoms with Crippen LogP contribution in [0.4, 0.5) is 0 Å². The zero-order valence-electron chi connectivity index (χ0n) is 41.5. The molecular weight excluding hydrogens is 975 g/mol. The van der Waals surface area contributed by atoms with Crippen molar-refractivity contribution in [2.45, 2.75) is 66.6 Å². The maximum Gasteiger partial charge on any atom is 0.136 e.